The van der Waals surface area contributed by atoms with Crippen molar-refractivity contribution in [2.45, 2.75) is 26.4 Å². The highest BCUT2D eigenvalue weighted by Gasteiger charge is 2.20. The lowest BCUT2D eigenvalue weighted by atomic mass is 10.2. The van der Waals surface area contributed by atoms with Crippen LogP contribution in [0.2, 0.25) is 0 Å². The molecule has 2 heterocycles. The summed E-state index contributed by atoms with van der Waals surface area (Å²) in [4.78, 5) is 8.43. The molecule has 0 amide bonds. The number of aryl methyl sites for hydroxylation is 1. The van der Waals surface area contributed by atoms with Gasteiger partial charge in [-0.15, -0.1) is 0 Å². The van der Waals surface area contributed by atoms with Crippen molar-refractivity contribution in [1.82, 2.24) is 9.97 Å². The first-order chi connectivity index (χ1) is 10.2. The molecule has 5 nitrogen and oxygen atoms in total. The number of nitrogens with one attached hydrogen (secondary N) is 1. The van der Waals surface area contributed by atoms with Crippen LogP contribution in [0.15, 0.2) is 30.6 Å². The molecule has 1 aromatic carbocycles. The summed E-state index contributed by atoms with van der Waals surface area (Å²) < 4.78 is 11.6. The number of rotatable bonds is 4. The minimum atomic E-state index is 0.0654. The lowest BCUT2D eigenvalue weighted by Crippen LogP contribution is -2.31. The topological polar surface area (TPSA) is 56.3 Å². The van der Waals surface area contributed by atoms with Gasteiger partial charge in [0.25, 0.3) is 0 Å². The first kappa shape index (κ1) is 13.7. The van der Waals surface area contributed by atoms with Crippen LogP contribution in [-0.4, -0.2) is 29.2 Å². The molecular formula is C16H19N3O2. The second kappa shape index (κ2) is 5.99. The van der Waals surface area contributed by atoms with E-state index in [1.165, 1.54) is 0 Å². The van der Waals surface area contributed by atoms with E-state index in [1.807, 2.05) is 38.1 Å². The van der Waals surface area contributed by atoms with Gasteiger partial charge in [0.2, 0.25) is 0 Å². The molecule has 0 unspecified atom stereocenters. The second-order valence-corrected chi connectivity index (χ2v) is 5.15. The van der Waals surface area contributed by atoms with Gasteiger partial charge in [-0.2, -0.15) is 0 Å². The van der Waals surface area contributed by atoms with Gasteiger partial charge in [-0.25, -0.2) is 9.97 Å². The standard InChI is InChI=1S/C16H19N3O2/c1-11-12(2)18-10-19-16(11)17-8-7-13-9-20-14-5-3-4-6-15(14)21-13/h3-6,10,13H,7-9H2,1-2H3,(H,17,18,19)/t13-/m1/s1. The average Bonchev–Trinajstić information content (AvgIpc) is 2.51. The van der Waals surface area contributed by atoms with Crippen molar-refractivity contribution in [1.29, 1.82) is 0 Å². The van der Waals surface area contributed by atoms with Crippen molar-refractivity contribution in [2.24, 2.45) is 0 Å². The van der Waals surface area contributed by atoms with Crippen molar-refractivity contribution in [3.63, 3.8) is 0 Å². The molecule has 21 heavy (non-hydrogen) atoms. The van der Waals surface area contributed by atoms with Crippen LogP contribution >= 0.6 is 0 Å². The number of fused-ring (bicyclic) bond motifs is 1. The van der Waals surface area contributed by atoms with Crippen LogP contribution in [0.1, 0.15) is 17.7 Å². The van der Waals surface area contributed by atoms with E-state index in [4.69, 9.17) is 9.47 Å². The SMILES string of the molecule is Cc1ncnc(NCC[C@@H]2COc3ccccc3O2)c1C. The van der Waals surface area contributed by atoms with Crippen molar-refractivity contribution in [3.8, 4) is 11.5 Å². The summed E-state index contributed by atoms with van der Waals surface area (Å²) in [5.41, 5.74) is 2.09. The number of para-hydroxylation sites is 2. The fourth-order valence-corrected chi connectivity index (χ4v) is 2.27. The third-order valence-electron chi connectivity index (χ3n) is 3.66. The van der Waals surface area contributed by atoms with E-state index < -0.39 is 0 Å². The van der Waals surface area contributed by atoms with E-state index in [-0.39, 0.29) is 6.10 Å². The molecule has 1 aliphatic rings. The highest BCUT2D eigenvalue weighted by atomic mass is 16.6. The lowest BCUT2D eigenvalue weighted by Gasteiger charge is -2.26. The maximum absolute atomic E-state index is 5.93. The Morgan fingerprint density at radius 2 is 2.00 bits per heavy atom. The maximum Gasteiger partial charge on any atom is 0.161 e. The fourth-order valence-electron chi connectivity index (χ4n) is 2.27. The third-order valence-corrected chi connectivity index (χ3v) is 3.66. The second-order valence-electron chi connectivity index (χ2n) is 5.15. The number of benzene rings is 1. The highest BCUT2D eigenvalue weighted by Crippen LogP contribution is 2.31. The molecule has 0 aliphatic carbocycles. The van der Waals surface area contributed by atoms with Gasteiger partial charge in [-0.3, -0.25) is 0 Å². The quantitative estimate of drug-likeness (QED) is 0.936. The van der Waals surface area contributed by atoms with Crippen LogP contribution < -0.4 is 14.8 Å². The first-order valence-corrected chi connectivity index (χ1v) is 7.14. The van der Waals surface area contributed by atoms with Crippen molar-refractivity contribution < 1.29 is 9.47 Å². The van der Waals surface area contributed by atoms with E-state index in [1.54, 1.807) is 6.33 Å². The zero-order chi connectivity index (χ0) is 14.7. The lowest BCUT2D eigenvalue weighted by molar-refractivity contribution is 0.0873. The minimum Gasteiger partial charge on any atom is -0.486 e. The molecule has 2 aromatic rings. The summed E-state index contributed by atoms with van der Waals surface area (Å²) in [5.74, 6) is 2.53. The summed E-state index contributed by atoms with van der Waals surface area (Å²) in [6.07, 6.45) is 2.51. The molecule has 0 bridgehead atoms. The Hall–Kier alpha value is -2.30. The molecule has 3 rings (SSSR count). The molecule has 0 saturated heterocycles. The van der Waals surface area contributed by atoms with Crippen LogP contribution in [-0.2, 0) is 0 Å². The van der Waals surface area contributed by atoms with Gasteiger partial charge in [-0.05, 0) is 26.0 Å². The van der Waals surface area contributed by atoms with Gasteiger partial charge in [0, 0.05) is 24.2 Å². The van der Waals surface area contributed by atoms with Crippen LogP contribution in [0.25, 0.3) is 0 Å². The van der Waals surface area contributed by atoms with Gasteiger partial charge in [0.05, 0.1) is 0 Å². The number of nitrogens with zero attached hydrogens (tertiary/aromatic N) is 2. The fraction of sp³-hybridized carbons (Fsp3) is 0.375. The monoisotopic (exact) mass is 285 g/mol. The number of aromatic nitrogens is 2. The number of hydrogen-bond acceptors (Lipinski definition) is 5. The molecule has 1 aromatic heterocycles. The largest absolute Gasteiger partial charge is 0.486 e. The summed E-state index contributed by atoms with van der Waals surface area (Å²) in [5, 5.41) is 3.34. The Kier molecular flexibility index (Phi) is 3.90. The van der Waals surface area contributed by atoms with Gasteiger partial charge in [-0.1, -0.05) is 12.1 Å². The van der Waals surface area contributed by atoms with E-state index in [0.29, 0.717) is 6.61 Å². The highest BCUT2D eigenvalue weighted by molar-refractivity contribution is 5.44. The van der Waals surface area contributed by atoms with Crippen molar-refractivity contribution in [3.05, 3.63) is 41.9 Å². The van der Waals surface area contributed by atoms with Crippen molar-refractivity contribution in [2.75, 3.05) is 18.5 Å². The molecule has 0 spiro atoms. The van der Waals surface area contributed by atoms with Crippen molar-refractivity contribution >= 4 is 5.82 Å². The summed E-state index contributed by atoms with van der Waals surface area (Å²) in [6, 6.07) is 7.77. The zero-order valence-corrected chi connectivity index (χ0v) is 12.3. The molecule has 5 heteroatoms. The first-order valence-electron chi connectivity index (χ1n) is 7.14. The molecule has 0 radical (unpaired) electrons. The van der Waals surface area contributed by atoms with Crippen LogP contribution in [0, 0.1) is 13.8 Å². The Balaban J connectivity index is 1.54. The summed E-state index contributed by atoms with van der Waals surface area (Å²) in [7, 11) is 0. The Labute approximate surface area is 124 Å². The average molecular weight is 285 g/mol. The predicted molar refractivity (Wildman–Crippen MR) is 81.0 cm³/mol. The molecule has 1 atom stereocenters. The normalized spacial score (nSPS) is 16.6. The predicted octanol–water partition coefficient (Wildman–Crippen LogP) is 2.74. The number of ether oxygens (including phenoxy) is 2. The molecule has 1 aliphatic heterocycles. The van der Waals surface area contributed by atoms with Crippen LogP contribution in [0.4, 0.5) is 5.82 Å². The van der Waals surface area contributed by atoms with Gasteiger partial charge >= 0.3 is 0 Å². The van der Waals surface area contributed by atoms with E-state index >= 15 is 0 Å². The number of anilines is 1. The van der Waals surface area contributed by atoms with Crippen LogP contribution in [0.5, 0.6) is 11.5 Å². The Morgan fingerprint density at radius 1 is 1.19 bits per heavy atom. The molecular weight excluding hydrogens is 266 g/mol. The molecule has 1 N–H and O–H groups in total. The van der Waals surface area contributed by atoms with Gasteiger partial charge < -0.3 is 14.8 Å². The Morgan fingerprint density at radius 3 is 2.86 bits per heavy atom. The van der Waals surface area contributed by atoms with Gasteiger partial charge in [0.1, 0.15) is 24.9 Å². The number of hydrogen-bond donors (Lipinski definition) is 1. The molecule has 0 saturated carbocycles. The van der Waals surface area contributed by atoms with E-state index in [0.717, 1.165) is 41.5 Å². The van der Waals surface area contributed by atoms with E-state index in [2.05, 4.69) is 15.3 Å². The smallest absolute Gasteiger partial charge is 0.161 e. The Bertz CT molecular complexity index is 631. The van der Waals surface area contributed by atoms with Crippen LogP contribution in [0.3, 0.4) is 0 Å². The summed E-state index contributed by atoms with van der Waals surface area (Å²) in [6.45, 7) is 5.37. The zero-order valence-electron chi connectivity index (χ0n) is 12.3. The van der Waals surface area contributed by atoms with Gasteiger partial charge in [0.15, 0.2) is 11.5 Å². The third kappa shape index (κ3) is 3.07. The maximum atomic E-state index is 5.93. The molecule has 110 valence electrons. The summed E-state index contributed by atoms with van der Waals surface area (Å²) >= 11 is 0. The molecule has 0 fully saturated rings. The van der Waals surface area contributed by atoms with E-state index in [9.17, 15) is 0 Å². The minimum absolute atomic E-state index is 0.0654.